The third-order valence-electron chi connectivity index (χ3n) is 4.63. The Bertz CT molecular complexity index is 967. The lowest BCUT2D eigenvalue weighted by molar-refractivity contribution is 0.262. The van der Waals surface area contributed by atoms with Gasteiger partial charge in [0.15, 0.2) is 0 Å². The summed E-state index contributed by atoms with van der Waals surface area (Å²) < 4.78 is 6.01. The molecule has 0 aliphatic carbocycles. The number of amides is 2. The van der Waals surface area contributed by atoms with Gasteiger partial charge >= 0.3 is 6.03 Å². The molecule has 144 valence electrons. The molecule has 5 heteroatoms. The molecule has 0 aliphatic heterocycles. The molecule has 0 radical (unpaired) electrons. The van der Waals surface area contributed by atoms with Crippen LogP contribution in [0.2, 0.25) is 0 Å². The quantitative estimate of drug-likeness (QED) is 0.615. The van der Waals surface area contributed by atoms with Crippen LogP contribution in [0.4, 0.5) is 16.3 Å². The van der Waals surface area contributed by atoms with Gasteiger partial charge in [0.2, 0.25) is 0 Å². The molecule has 0 spiro atoms. The molecular formula is C23H25N3O2. The van der Waals surface area contributed by atoms with E-state index in [0.29, 0.717) is 12.4 Å². The second-order valence-corrected chi connectivity index (χ2v) is 6.84. The van der Waals surface area contributed by atoms with Crippen LogP contribution >= 0.6 is 0 Å². The molecule has 0 atom stereocenters. The smallest absolute Gasteiger partial charge is 0.324 e. The number of carbonyl (C=O) groups is 1. The van der Waals surface area contributed by atoms with Crippen molar-refractivity contribution in [1.82, 2.24) is 4.98 Å². The van der Waals surface area contributed by atoms with Gasteiger partial charge in [-0.1, -0.05) is 48.0 Å². The number of aryl methyl sites for hydroxylation is 2. The molecule has 0 unspecified atom stereocenters. The summed E-state index contributed by atoms with van der Waals surface area (Å²) in [6.07, 6.45) is 0. The van der Waals surface area contributed by atoms with Crippen LogP contribution in [-0.4, -0.2) is 11.0 Å². The normalized spacial score (nSPS) is 10.4. The first-order valence-electron chi connectivity index (χ1n) is 9.23. The van der Waals surface area contributed by atoms with Crippen LogP contribution in [-0.2, 0) is 6.61 Å². The average molecular weight is 375 g/mol. The van der Waals surface area contributed by atoms with Crippen LogP contribution in [0.5, 0.6) is 5.75 Å². The Morgan fingerprint density at radius 2 is 1.57 bits per heavy atom. The highest BCUT2D eigenvalue weighted by Gasteiger charge is 2.15. The number of anilines is 2. The molecule has 0 aliphatic rings. The molecule has 3 aromatic rings. The van der Waals surface area contributed by atoms with Gasteiger partial charge in [-0.3, -0.25) is 5.32 Å². The highest BCUT2D eigenvalue weighted by Crippen LogP contribution is 2.29. The van der Waals surface area contributed by atoms with Crippen molar-refractivity contribution in [1.29, 1.82) is 0 Å². The van der Waals surface area contributed by atoms with Gasteiger partial charge in [-0.25, -0.2) is 9.78 Å². The fourth-order valence-electron chi connectivity index (χ4n) is 2.89. The lowest BCUT2D eigenvalue weighted by Crippen LogP contribution is -2.21. The van der Waals surface area contributed by atoms with E-state index in [2.05, 4.69) is 15.6 Å². The molecule has 28 heavy (non-hydrogen) atoms. The van der Waals surface area contributed by atoms with Crippen molar-refractivity contribution in [3.8, 4) is 5.75 Å². The summed E-state index contributed by atoms with van der Waals surface area (Å²) in [5.41, 5.74) is 5.56. The molecule has 5 nitrogen and oxygen atoms in total. The lowest BCUT2D eigenvalue weighted by atomic mass is 10.1. The number of nitrogens with zero attached hydrogens (tertiary/aromatic N) is 1. The number of ether oxygens (including phenoxy) is 1. The second-order valence-electron chi connectivity index (χ2n) is 6.84. The first-order valence-corrected chi connectivity index (χ1v) is 9.23. The van der Waals surface area contributed by atoms with Gasteiger partial charge < -0.3 is 10.1 Å². The Labute approximate surface area is 165 Å². The zero-order valence-corrected chi connectivity index (χ0v) is 16.7. The molecule has 2 N–H and O–H groups in total. The van der Waals surface area contributed by atoms with Gasteiger partial charge in [0.05, 0.1) is 5.69 Å². The average Bonchev–Trinajstić information content (AvgIpc) is 2.68. The molecule has 0 bridgehead atoms. The summed E-state index contributed by atoms with van der Waals surface area (Å²) in [5.74, 6) is 1.29. The van der Waals surface area contributed by atoms with Gasteiger partial charge in [-0.05, 0) is 56.5 Å². The summed E-state index contributed by atoms with van der Waals surface area (Å²) in [5, 5.41) is 5.66. The van der Waals surface area contributed by atoms with E-state index in [9.17, 15) is 4.79 Å². The fraction of sp³-hybridized carbons (Fsp3) is 0.217. The van der Waals surface area contributed by atoms with Crippen LogP contribution in [0.3, 0.4) is 0 Å². The Balaban J connectivity index is 1.72. The Morgan fingerprint density at radius 3 is 2.25 bits per heavy atom. The van der Waals surface area contributed by atoms with Crippen LogP contribution < -0.4 is 15.4 Å². The number of benzene rings is 2. The number of aromatic nitrogens is 1. The Kier molecular flexibility index (Phi) is 5.94. The van der Waals surface area contributed by atoms with E-state index in [0.717, 1.165) is 39.4 Å². The van der Waals surface area contributed by atoms with Gasteiger partial charge in [-0.15, -0.1) is 0 Å². The first kappa shape index (κ1) is 19.4. The molecule has 0 saturated heterocycles. The van der Waals surface area contributed by atoms with E-state index in [1.165, 1.54) is 0 Å². The molecule has 2 aromatic carbocycles. The molecule has 0 saturated carbocycles. The molecular weight excluding hydrogens is 350 g/mol. The number of nitrogens with one attached hydrogen (secondary N) is 2. The van der Waals surface area contributed by atoms with Crippen LogP contribution in [0.1, 0.15) is 27.9 Å². The van der Waals surface area contributed by atoms with Gasteiger partial charge in [-0.2, -0.15) is 0 Å². The predicted octanol–water partition coefficient (Wildman–Crippen LogP) is 5.54. The number of carbonyl (C=O) groups excluding carboxylic acids is 1. The predicted molar refractivity (Wildman–Crippen MR) is 113 cm³/mol. The number of hydrogen-bond acceptors (Lipinski definition) is 3. The summed E-state index contributed by atoms with van der Waals surface area (Å²) in [4.78, 5) is 16.9. The first-order chi connectivity index (χ1) is 13.4. The zero-order chi connectivity index (χ0) is 20.1. The maximum atomic E-state index is 12.3. The highest BCUT2D eigenvalue weighted by molar-refractivity contribution is 5.99. The van der Waals surface area contributed by atoms with E-state index < -0.39 is 0 Å². The van der Waals surface area contributed by atoms with Gasteiger partial charge in [0.1, 0.15) is 18.2 Å². The number of pyridine rings is 1. The van der Waals surface area contributed by atoms with Gasteiger partial charge in [0.25, 0.3) is 0 Å². The molecule has 1 heterocycles. The summed E-state index contributed by atoms with van der Waals surface area (Å²) in [6.45, 7) is 8.27. The zero-order valence-electron chi connectivity index (χ0n) is 16.7. The number of hydrogen-bond donors (Lipinski definition) is 2. The van der Waals surface area contributed by atoms with E-state index in [1.54, 1.807) is 0 Å². The standard InChI is InChI=1S/C23H25N3O2/c1-15-10-12-20(13-11-15)25-23(27)26-22-17(3)16(2)21(18(4)24-22)28-14-19-8-6-5-7-9-19/h5-13H,14H2,1-4H3,(H2,24,25,26,27). The van der Waals surface area contributed by atoms with E-state index in [1.807, 2.05) is 82.3 Å². The highest BCUT2D eigenvalue weighted by atomic mass is 16.5. The van der Waals surface area contributed by atoms with E-state index in [-0.39, 0.29) is 6.03 Å². The summed E-state index contributed by atoms with van der Waals surface area (Å²) in [6, 6.07) is 17.3. The van der Waals surface area contributed by atoms with Crippen molar-refractivity contribution in [3.63, 3.8) is 0 Å². The van der Waals surface area contributed by atoms with Crippen molar-refractivity contribution in [3.05, 3.63) is 82.5 Å². The minimum absolute atomic E-state index is 0.323. The fourth-order valence-corrected chi connectivity index (χ4v) is 2.89. The summed E-state index contributed by atoms with van der Waals surface area (Å²) >= 11 is 0. The Hall–Kier alpha value is -3.34. The van der Waals surface area contributed by atoms with Crippen molar-refractivity contribution in [2.75, 3.05) is 10.6 Å². The van der Waals surface area contributed by atoms with E-state index >= 15 is 0 Å². The lowest BCUT2D eigenvalue weighted by Gasteiger charge is -2.17. The van der Waals surface area contributed by atoms with Crippen molar-refractivity contribution in [2.24, 2.45) is 0 Å². The largest absolute Gasteiger partial charge is 0.487 e. The molecule has 1 aromatic heterocycles. The molecule has 0 fully saturated rings. The Morgan fingerprint density at radius 1 is 0.893 bits per heavy atom. The minimum Gasteiger partial charge on any atom is -0.487 e. The summed E-state index contributed by atoms with van der Waals surface area (Å²) in [7, 11) is 0. The maximum Gasteiger partial charge on any atom is 0.324 e. The number of urea groups is 1. The van der Waals surface area contributed by atoms with Crippen LogP contribution in [0.15, 0.2) is 54.6 Å². The van der Waals surface area contributed by atoms with Crippen molar-refractivity contribution >= 4 is 17.5 Å². The van der Waals surface area contributed by atoms with Gasteiger partial charge in [0, 0.05) is 5.69 Å². The number of rotatable bonds is 5. The van der Waals surface area contributed by atoms with Crippen molar-refractivity contribution in [2.45, 2.75) is 34.3 Å². The van der Waals surface area contributed by atoms with Crippen LogP contribution in [0, 0.1) is 27.7 Å². The van der Waals surface area contributed by atoms with Crippen LogP contribution in [0.25, 0.3) is 0 Å². The third kappa shape index (κ3) is 4.68. The third-order valence-corrected chi connectivity index (χ3v) is 4.63. The minimum atomic E-state index is -0.323. The van der Waals surface area contributed by atoms with Crippen molar-refractivity contribution < 1.29 is 9.53 Å². The molecule has 3 rings (SSSR count). The molecule has 2 amide bonds. The maximum absolute atomic E-state index is 12.3. The second kappa shape index (κ2) is 8.57. The SMILES string of the molecule is Cc1ccc(NC(=O)Nc2nc(C)c(OCc3ccccc3)c(C)c2C)cc1. The monoisotopic (exact) mass is 375 g/mol. The topological polar surface area (TPSA) is 63.2 Å². The van der Waals surface area contributed by atoms with E-state index in [4.69, 9.17) is 4.74 Å².